The Labute approximate surface area is 111 Å². The molecule has 1 heterocycles. The van der Waals surface area contributed by atoms with Crippen LogP contribution in [0.25, 0.3) is 0 Å². The Hall–Kier alpha value is -1.19. The van der Waals surface area contributed by atoms with Gasteiger partial charge in [0, 0.05) is 6.20 Å². The number of rotatable bonds is 3. The Bertz CT molecular complexity index is 509. The van der Waals surface area contributed by atoms with Crippen LogP contribution in [0.15, 0.2) is 36.0 Å². The first-order chi connectivity index (χ1) is 8.84. The van der Waals surface area contributed by atoms with Crippen LogP contribution in [0, 0.1) is 0 Å². The van der Waals surface area contributed by atoms with Gasteiger partial charge in [-0.05, 0) is 42.7 Å². The van der Waals surface area contributed by atoms with Crippen LogP contribution in [0.4, 0.5) is 0 Å². The predicted molar refractivity (Wildman–Crippen MR) is 73.8 cm³/mol. The second kappa shape index (κ2) is 5.21. The van der Waals surface area contributed by atoms with E-state index in [-0.39, 0.29) is 6.10 Å². The summed E-state index contributed by atoms with van der Waals surface area (Å²) in [4.78, 5) is 5.02. The summed E-state index contributed by atoms with van der Waals surface area (Å²) in [5, 5.41) is 10.3. The van der Waals surface area contributed by atoms with Crippen LogP contribution in [-0.4, -0.2) is 10.1 Å². The van der Waals surface area contributed by atoms with Gasteiger partial charge in [-0.15, -0.1) is 11.3 Å². The summed E-state index contributed by atoms with van der Waals surface area (Å²) in [5.41, 5.74) is 4.69. The summed E-state index contributed by atoms with van der Waals surface area (Å²) >= 11 is 1.54. The third-order valence-electron chi connectivity index (χ3n) is 3.78. The summed E-state index contributed by atoms with van der Waals surface area (Å²) in [6.07, 6.45) is 5.84. The highest BCUT2D eigenvalue weighted by Gasteiger charge is 2.23. The SMILES string of the molecule is OC(CC1CCCc2ccccc21)c1cncs1. The lowest BCUT2D eigenvalue weighted by atomic mass is 9.80. The molecule has 1 aliphatic carbocycles. The van der Waals surface area contributed by atoms with E-state index in [1.807, 2.05) is 0 Å². The molecule has 18 heavy (non-hydrogen) atoms. The van der Waals surface area contributed by atoms with E-state index < -0.39 is 0 Å². The van der Waals surface area contributed by atoms with Crippen molar-refractivity contribution in [1.29, 1.82) is 0 Å². The Balaban J connectivity index is 1.78. The van der Waals surface area contributed by atoms with E-state index in [0.717, 1.165) is 11.3 Å². The molecular weight excluding hydrogens is 242 g/mol. The van der Waals surface area contributed by atoms with E-state index in [9.17, 15) is 5.11 Å². The molecule has 94 valence electrons. The van der Waals surface area contributed by atoms with Crippen molar-refractivity contribution >= 4 is 11.3 Å². The number of aryl methyl sites for hydroxylation is 1. The van der Waals surface area contributed by atoms with Crippen molar-refractivity contribution in [2.75, 3.05) is 0 Å². The van der Waals surface area contributed by atoms with Gasteiger partial charge in [0.25, 0.3) is 0 Å². The van der Waals surface area contributed by atoms with Crippen LogP contribution in [0.5, 0.6) is 0 Å². The summed E-state index contributed by atoms with van der Waals surface area (Å²) in [5.74, 6) is 0.493. The van der Waals surface area contributed by atoms with Crippen LogP contribution in [-0.2, 0) is 6.42 Å². The molecule has 0 fully saturated rings. The summed E-state index contributed by atoms with van der Waals surface area (Å²) in [6.45, 7) is 0. The molecule has 0 aliphatic heterocycles. The van der Waals surface area contributed by atoms with Gasteiger partial charge in [0.2, 0.25) is 0 Å². The molecule has 0 amide bonds. The minimum Gasteiger partial charge on any atom is -0.387 e. The lowest BCUT2D eigenvalue weighted by Gasteiger charge is -2.26. The van der Waals surface area contributed by atoms with Gasteiger partial charge in [-0.3, -0.25) is 4.98 Å². The fourth-order valence-corrected chi connectivity index (χ4v) is 3.49. The van der Waals surface area contributed by atoms with E-state index in [2.05, 4.69) is 29.2 Å². The molecule has 0 radical (unpaired) electrons. The van der Waals surface area contributed by atoms with Crippen LogP contribution in [0.1, 0.15) is 47.3 Å². The maximum atomic E-state index is 10.3. The van der Waals surface area contributed by atoms with Gasteiger partial charge >= 0.3 is 0 Å². The molecule has 3 rings (SSSR count). The largest absolute Gasteiger partial charge is 0.387 e. The number of thiazole rings is 1. The minimum absolute atomic E-state index is 0.367. The average Bonchev–Trinajstić information content (AvgIpc) is 2.93. The summed E-state index contributed by atoms with van der Waals surface area (Å²) < 4.78 is 0. The lowest BCUT2D eigenvalue weighted by Crippen LogP contribution is -2.12. The topological polar surface area (TPSA) is 33.1 Å². The normalized spacial score (nSPS) is 20.4. The van der Waals surface area contributed by atoms with Gasteiger partial charge in [-0.25, -0.2) is 0 Å². The number of aliphatic hydroxyl groups excluding tert-OH is 1. The minimum atomic E-state index is -0.367. The number of benzene rings is 1. The van der Waals surface area contributed by atoms with Crippen molar-refractivity contribution < 1.29 is 5.11 Å². The van der Waals surface area contributed by atoms with Gasteiger partial charge < -0.3 is 5.11 Å². The van der Waals surface area contributed by atoms with Crippen LogP contribution in [0.3, 0.4) is 0 Å². The molecule has 2 unspecified atom stereocenters. The molecule has 1 N–H and O–H groups in total. The number of hydrogen-bond donors (Lipinski definition) is 1. The van der Waals surface area contributed by atoms with Gasteiger partial charge in [0.15, 0.2) is 0 Å². The van der Waals surface area contributed by atoms with Crippen LogP contribution in [0.2, 0.25) is 0 Å². The van der Waals surface area contributed by atoms with Crippen molar-refractivity contribution in [3.63, 3.8) is 0 Å². The first-order valence-corrected chi connectivity index (χ1v) is 7.37. The van der Waals surface area contributed by atoms with E-state index in [1.165, 1.54) is 41.7 Å². The molecule has 1 aromatic heterocycles. The molecule has 0 bridgehead atoms. The fourth-order valence-electron chi connectivity index (χ4n) is 2.88. The van der Waals surface area contributed by atoms with Crippen molar-refractivity contribution in [1.82, 2.24) is 4.98 Å². The van der Waals surface area contributed by atoms with Gasteiger partial charge in [-0.1, -0.05) is 24.3 Å². The first kappa shape index (κ1) is 11.9. The maximum Gasteiger partial charge on any atom is 0.0903 e. The Morgan fingerprint density at radius 3 is 3.11 bits per heavy atom. The molecule has 3 heteroatoms. The lowest BCUT2D eigenvalue weighted by molar-refractivity contribution is 0.157. The van der Waals surface area contributed by atoms with Gasteiger partial charge in [0.05, 0.1) is 16.5 Å². The molecule has 2 nitrogen and oxygen atoms in total. The Morgan fingerprint density at radius 1 is 1.39 bits per heavy atom. The van der Waals surface area contributed by atoms with Gasteiger partial charge in [0.1, 0.15) is 0 Å². The van der Waals surface area contributed by atoms with Crippen molar-refractivity contribution in [2.45, 2.75) is 37.7 Å². The second-order valence-corrected chi connectivity index (χ2v) is 5.86. The van der Waals surface area contributed by atoms with Crippen molar-refractivity contribution in [2.24, 2.45) is 0 Å². The molecule has 1 aliphatic rings. The number of hydrogen-bond acceptors (Lipinski definition) is 3. The number of fused-ring (bicyclic) bond motifs is 1. The van der Waals surface area contributed by atoms with Crippen LogP contribution >= 0.6 is 11.3 Å². The molecular formula is C15H17NOS. The Kier molecular flexibility index (Phi) is 3.43. The first-order valence-electron chi connectivity index (χ1n) is 6.49. The zero-order valence-electron chi connectivity index (χ0n) is 10.2. The average molecular weight is 259 g/mol. The highest BCUT2D eigenvalue weighted by atomic mass is 32.1. The molecule has 0 saturated carbocycles. The second-order valence-electron chi connectivity index (χ2n) is 4.94. The third-order valence-corrected chi connectivity index (χ3v) is 4.66. The predicted octanol–water partition coefficient (Wildman–Crippen LogP) is 3.69. The monoisotopic (exact) mass is 259 g/mol. The highest BCUT2D eigenvalue weighted by molar-refractivity contribution is 7.09. The van der Waals surface area contributed by atoms with E-state index in [0.29, 0.717) is 5.92 Å². The standard InChI is InChI=1S/C15H17NOS/c17-14(15-9-16-10-18-15)8-12-6-3-5-11-4-1-2-7-13(11)12/h1-2,4,7,9-10,12,14,17H,3,5-6,8H2. The Morgan fingerprint density at radius 2 is 2.28 bits per heavy atom. The van der Waals surface area contributed by atoms with Gasteiger partial charge in [-0.2, -0.15) is 0 Å². The van der Waals surface area contributed by atoms with Crippen molar-refractivity contribution in [3.8, 4) is 0 Å². The zero-order chi connectivity index (χ0) is 12.4. The zero-order valence-corrected chi connectivity index (χ0v) is 11.1. The summed E-state index contributed by atoms with van der Waals surface area (Å²) in [6, 6.07) is 8.66. The smallest absolute Gasteiger partial charge is 0.0903 e. The maximum absolute atomic E-state index is 10.3. The van der Waals surface area contributed by atoms with Crippen molar-refractivity contribution in [3.05, 3.63) is 52.0 Å². The molecule has 1 aromatic carbocycles. The highest BCUT2D eigenvalue weighted by Crippen LogP contribution is 2.38. The summed E-state index contributed by atoms with van der Waals surface area (Å²) in [7, 11) is 0. The van der Waals surface area contributed by atoms with Crippen LogP contribution < -0.4 is 0 Å². The quantitative estimate of drug-likeness (QED) is 0.912. The molecule has 2 aromatic rings. The number of aromatic nitrogens is 1. The number of aliphatic hydroxyl groups is 1. The third kappa shape index (κ3) is 2.33. The molecule has 2 atom stereocenters. The van der Waals surface area contributed by atoms with E-state index >= 15 is 0 Å². The van der Waals surface area contributed by atoms with E-state index in [4.69, 9.17) is 0 Å². The fraction of sp³-hybridized carbons (Fsp3) is 0.400. The van der Waals surface area contributed by atoms with E-state index in [1.54, 1.807) is 11.7 Å². The molecule has 0 saturated heterocycles. The molecule has 0 spiro atoms. The number of nitrogens with zero attached hydrogens (tertiary/aromatic N) is 1.